The molecule has 1 heterocycles. The Bertz CT molecular complexity index is 363. The Kier molecular flexibility index (Phi) is 3.51. The second-order valence-electron chi connectivity index (χ2n) is 3.52. The van der Waals surface area contributed by atoms with Gasteiger partial charge in [-0.2, -0.15) is 0 Å². The maximum atomic E-state index is 11.2. The van der Waals surface area contributed by atoms with E-state index in [2.05, 4.69) is 22.6 Å². The fourth-order valence-corrected chi connectivity index (χ4v) is 2.61. The van der Waals surface area contributed by atoms with Crippen LogP contribution in [-0.4, -0.2) is 9.89 Å². The lowest BCUT2D eigenvalue weighted by Crippen LogP contribution is -2.26. The van der Waals surface area contributed by atoms with Crippen molar-refractivity contribution >= 4 is 40.2 Å². The predicted octanol–water partition coefficient (Wildman–Crippen LogP) is 3.52. The summed E-state index contributed by atoms with van der Waals surface area (Å²) < 4.78 is 5.68. The summed E-state index contributed by atoms with van der Waals surface area (Å²) >= 11 is 8.14. The van der Waals surface area contributed by atoms with Crippen LogP contribution in [0.15, 0.2) is 24.3 Å². The van der Waals surface area contributed by atoms with Crippen molar-refractivity contribution in [2.45, 2.75) is 22.9 Å². The maximum absolute atomic E-state index is 11.2. The molecule has 0 N–H and O–H groups in total. The van der Waals surface area contributed by atoms with E-state index in [9.17, 15) is 4.79 Å². The fourth-order valence-electron chi connectivity index (χ4n) is 1.61. The van der Waals surface area contributed by atoms with Crippen LogP contribution in [0.3, 0.4) is 0 Å². The third kappa shape index (κ3) is 2.64. The molecule has 1 aliphatic rings. The number of rotatable bonds is 1. The Morgan fingerprint density at radius 1 is 1.33 bits per heavy atom. The van der Waals surface area contributed by atoms with E-state index in [1.165, 1.54) is 0 Å². The van der Waals surface area contributed by atoms with Gasteiger partial charge in [-0.1, -0.05) is 46.3 Å². The predicted molar refractivity (Wildman–Crippen MR) is 67.3 cm³/mol. The first-order valence-corrected chi connectivity index (χ1v) is 6.38. The number of hydrogen-bond acceptors (Lipinski definition) is 2. The van der Waals surface area contributed by atoms with E-state index >= 15 is 0 Å². The van der Waals surface area contributed by atoms with Gasteiger partial charge < -0.3 is 4.74 Å². The lowest BCUT2D eigenvalue weighted by molar-refractivity contribution is -0.153. The highest BCUT2D eigenvalue weighted by molar-refractivity contribution is 14.1. The average molecular weight is 337 g/mol. The first kappa shape index (κ1) is 11.2. The average Bonchev–Trinajstić information content (AvgIpc) is 2.23. The van der Waals surface area contributed by atoms with E-state index in [0.717, 1.165) is 12.0 Å². The summed E-state index contributed by atoms with van der Waals surface area (Å²) in [6, 6.07) is 7.47. The monoisotopic (exact) mass is 336 g/mol. The zero-order valence-corrected chi connectivity index (χ0v) is 10.9. The largest absolute Gasteiger partial charge is 0.456 e. The highest BCUT2D eigenvalue weighted by Crippen LogP contribution is 2.34. The van der Waals surface area contributed by atoms with Crippen molar-refractivity contribution in [3.63, 3.8) is 0 Å². The summed E-state index contributed by atoms with van der Waals surface area (Å²) in [6.45, 7) is 0. The molecule has 0 radical (unpaired) electrons. The van der Waals surface area contributed by atoms with Crippen molar-refractivity contribution in [2.75, 3.05) is 0 Å². The highest BCUT2D eigenvalue weighted by Gasteiger charge is 2.29. The van der Waals surface area contributed by atoms with Crippen LogP contribution in [0.5, 0.6) is 0 Å². The molecule has 80 valence electrons. The molecule has 1 aliphatic heterocycles. The van der Waals surface area contributed by atoms with Gasteiger partial charge in [-0.05, 0) is 24.1 Å². The van der Waals surface area contributed by atoms with Crippen LogP contribution in [0.4, 0.5) is 0 Å². The molecule has 1 fully saturated rings. The molecule has 15 heavy (non-hydrogen) atoms. The fraction of sp³-hybridized carbons (Fsp3) is 0.364. The molecule has 2 rings (SSSR count). The smallest absolute Gasteiger partial charge is 0.306 e. The molecule has 1 aromatic carbocycles. The van der Waals surface area contributed by atoms with E-state index in [1.807, 2.05) is 24.3 Å². The zero-order chi connectivity index (χ0) is 10.8. The van der Waals surface area contributed by atoms with E-state index in [-0.39, 0.29) is 12.1 Å². The van der Waals surface area contributed by atoms with Crippen molar-refractivity contribution in [1.29, 1.82) is 0 Å². The summed E-state index contributed by atoms with van der Waals surface area (Å²) in [6.07, 6.45) is 1.29. The molecular formula is C11H10ClIO2. The highest BCUT2D eigenvalue weighted by atomic mass is 127. The Morgan fingerprint density at radius 3 is 2.67 bits per heavy atom. The van der Waals surface area contributed by atoms with Crippen molar-refractivity contribution in [3.05, 3.63) is 34.9 Å². The molecule has 1 aromatic rings. The first-order chi connectivity index (χ1) is 7.16. The number of alkyl halides is 1. The normalized spacial score (nSPS) is 26.1. The summed E-state index contributed by atoms with van der Waals surface area (Å²) in [7, 11) is 0. The SMILES string of the molecule is O=C1CC[C@H](I)[C@H](c2ccc(Cl)cc2)O1. The Hall–Kier alpha value is -0.290. The third-order valence-electron chi connectivity index (χ3n) is 2.41. The number of esters is 1. The number of benzene rings is 1. The minimum Gasteiger partial charge on any atom is -0.456 e. The molecule has 0 aromatic heterocycles. The summed E-state index contributed by atoms with van der Waals surface area (Å²) in [5, 5.41) is 0.700. The Morgan fingerprint density at radius 2 is 2.00 bits per heavy atom. The minimum atomic E-state index is -0.121. The molecule has 0 saturated carbocycles. The molecule has 0 unspecified atom stereocenters. The van der Waals surface area contributed by atoms with Crippen LogP contribution in [0.1, 0.15) is 24.5 Å². The molecule has 2 nitrogen and oxygen atoms in total. The van der Waals surface area contributed by atoms with Crippen molar-refractivity contribution in [1.82, 2.24) is 0 Å². The number of cyclic esters (lactones) is 1. The van der Waals surface area contributed by atoms with Crippen LogP contribution in [0, 0.1) is 0 Å². The van der Waals surface area contributed by atoms with E-state index in [4.69, 9.17) is 16.3 Å². The van der Waals surface area contributed by atoms with Gasteiger partial charge in [0.1, 0.15) is 6.10 Å². The molecular weight excluding hydrogens is 326 g/mol. The van der Waals surface area contributed by atoms with Gasteiger partial charge in [0.2, 0.25) is 0 Å². The number of carbonyl (C=O) groups excluding carboxylic acids is 1. The van der Waals surface area contributed by atoms with Gasteiger partial charge in [0.05, 0.1) is 3.92 Å². The van der Waals surface area contributed by atoms with E-state index < -0.39 is 0 Å². The first-order valence-electron chi connectivity index (χ1n) is 4.76. The summed E-state index contributed by atoms with van der Waals surface area (Å²) in [5.74, 6) is -0.108. The van der Waals surface area contributed by atoms with E-state index in [1.54, 1.807) is 0 Å². The minimum absolute atomic E-state index is 0.108. The number of carbonyl (C=O) groups is 1. The number of hydrogen-bond donors (Lipinski definition) is 0. The topological polar surface area (TPSA) is 26.3 Å². The number of ether oxygens (including phenoxy) is 1. The second kappa shape index (κ2) is 4.70. The lowest BCUT2D eigenvalue weighted by Gasteiger charge is -2.27. The molecule has 0 aliphatic carbocycles. The second-order valence-corrected chi connectivity index (χ2v) is 5.55. The Labute approximate surface area is 107 Å². The van der Waals surface area contributed by atoms with Gasteiger partial charge >= 0.3 is 5.97 Å². The van der Waals surface area contributed by atoms with Crippen molar-refractivity contribution in [3.8, 4) is 0 Å². The van der Waals surface area contributed by atoms with Gasteiger partial charge in [0, 0.05) is 11.4 Å². The molecule has 0 spiro atoms. The van der Waals surface area contributed by atoms with Crippen LogP contribution in [0.25, 0.3) is 0 Å². The quantitative estimate of drug-likeness (QED) is 0.445. The zero-order valence-electron chi connectivity index (χ0n) is 7.95. The van der Waals surface area contributed by atoms with E-state index in [0.29, 0.717) is 15.4 Å². The van der Waals surface area contributed by atoms with Gasteiger partial charge in [-0.15, -0.1) is 0 Å². The Balaban J connectivity index is 2.21. The summed E-state index contributed by atoms with van der Waals surface area (Å²) in [4.78, 5) is 11.2. The molecule has 2 atom stereocenters. The van der Waals surface area contributed by atoms with Crippen molar-refractivity contribution in [2.24, 2.45) is 0 Å². The molecule has 0 amide bonds. The molecule has 4 heteroatoms. The maximum Gasteiger partial charge on any atom is 0.306 e. The number of halogens is 2. The van der Waals surface area contributed by atoms with Gasteiger partial charge in [0.25, 0.3) is 0 Å². The van der Waals surface area contributed by atoms with Gasteiger partial charge in [-0.25, -0.2) is 0 Å². The summed E-state index contributed by atoms with van der Waals surface area (Å²) in [5.41, 5.74) is 1.02. The lowest BCUT2D eigenvalue weighted by atomic mass is 10.0. The molecule has 1 saturated heterocycles. The van der Waals surface area contributed by atoms with Gasteiger partial charge in [-0.3, -0.25) is 4.79 Å². The van der Waals surface area contributed by atoms with Crippen LogP contribution in [-0.2, 0) is 9.53 Å². The standard InChI is InChI=1S/C11H10ClIO2/c12-8-3-1-7(2-4-8)11-9(13)5-6-10(14)15-11/h1-4,9,11H,5-6H2/t9-,11-/m0/s1. The van der Waals surface area contributed by atoms with Crippen molar-refractivity contribution < 1.29 is 9.53 Å². The van der Waals surface area contributed by atoms with Crippen LogP contribution >= 0.6 is 34.2 Å². The molecule has 0 bridgehead atoms. The third-order valence-corrected chi connectivity index (χ3v) is 3.94. The van der Waals surface area contributed by atoms with Crippen LogP contribution in [0.2, 0.25) is 5.02 Å². The van der Waals surface area contributed by atoms with Crippen LogP contribution < -0.4 is 0 Å². The van der Waals surface area contributed by atoms with Gasteiger partial charge in [0.15, 0.2) is 0 Å².